The minimum Gasteiger partial charge on any atom is -0.469 e. The number of rotatable bonds is 9. The molecule has 1 fully saturated rings. The lowest BCUT2D eigenvalue weighted by atomic mass is 10.3. The lowest BCUT2D eigenvalue weighted by molar-refractivity contribution is 0.0326. The molecule has 11 heteroatoms. The van der Waals surface area contributed by atoms with Crippen LogP contribution in [0.5, 0.6) is 5.19 Å². The average Bonchev–Trinajstić information content (AvgIpc) is 3.28. The fourth-order valence-corrected chi connectivity index (χ4v) is 3.73. The van der Waals surface area contributed by atoms with E-state index in [9.17, 15) is 9.59 Å². The zero-order valence-electron chi connectivity index (χ0n) is 15.3. The molecule has 0 radical (unpaired) electrons. The molecule has 0 spiro atoms. The Bertz CT molecular complexity index is 806. The van der Waals surface area contributed by atoms with Crippen LogP contribution in [0, 0.1) is 0 Å². The zero-order valence-corrected chi connectivity index (χ0v) is 17.7. The minimum absolute atomic E-state index is 0.238. The van der Waals surface area contributed by atoms with Crippen molar-refractivity contribution in [3.05, 3.63) is 30.1 Å². The summed E-state index contributed by atoms with van der Waals surface area (Å²) in [7, 11) is 0. The number of urea groups is 1. The first-order valence-electron chi connectivity index (χ1n) is 8.85. The third kappa shape index (κ3) is 4.76. The van der Waals surface area contributed by atoms with Gasteiger partial charge < -0.3 is 14.4 Å². The summed E-state index contributed by atoms with van der Waals surface area (Å²) in [4.78, 5) is 32.1. The Morgan fingerprint density at radius 3 is 3.00 bits per heavy atom. The Hall–Kier alpha value is -2.27. The Balaban J connectivity index is 1.77. The number of alkyl halides is 1. The number of nitrogens with zero attached hydrogens (tertiary/aromatic N) is 5. The number of hydrogen-bond donors (Lipinski definition) is 0. The molecule has 1 unspecified atom stereocenters. The molecule has 1 saturated heterocycles. The first kappa shape index (κ1) is 20.5. The van der Waals surface area contributed by atoms with Gasteiger partial charge in [-0.25, -0.2) is 14.5 Å². The lowest BCUT2D eigenvalue weighted by Crippen LogP contribution is -2.37. The fraction of sp³-hybridized carbons (Fsp3) is 0.471. The van der Waals surface area contributed by atoms with Crippen molar-refractivity contribution in [3.63, 3.8) is 0 Å². The molecule has 0 aliphatic carbocycles. The zero-order chi connectivity index (χ0) is 19.9. The first-order valence-corrected chi connectivity index (χ1v) is 10.8. The molecule has 3 rings (SSSR count). The third-order valence-corrected chi connectivity index (χ3v) is 5.15. The highest BCUT2D eigenvalue weighted by Gasteiger charge is 2.42. The van der Waals surface area contributed by atoms with Gasteiger partial charge in [-0.05, 0) is 29.9 Å². The smallest absolute Gasteiger partial charge is 0.341 e. The van der Waals surface area contributed by atoms with Crippen molar-refractivity contribution in [3.8, 4) is 5.19 Å². The molecule has 9 nitrogen and oxygen atoms in total. The molecule has 2 amide bonds. The van der Waals surface area contributed by atoms with Crippen molar-refractivity contribution in [1.29, 1.82) is 0 Å². The second-order valence-corrected chi connectivity index (χ2v) is 7.65. The van der Waals surface area contributed by atoms with E-state index in [1.807, 2.05) is 0 Å². The number of aromatic nitrogens is 3. The first-order chi connectivity index (χ1) is 13.6. The van der Waals surface area contributed by atoms with Gasteiger partial charge in [0.15, 0.2) is 0 Å². The number of pyridine rings is 1. The Morgan fingerprint density at radius 2 is 2.29 bits per heavy atom. The quantitative estimate of drug-likeness (QED) is 0.316. The number of unbranched alkanes of at least 4 members (excludes halogenated alkanes) is 1. The molecular weight excluding hydrogens is 450 g/mol. The van der Waals surface area contributed by atoms with Gasteiger partial charge in [-0.15, -0.1) is 5.10 Å². The van der Waals surface area contributed by atoms with Crippen LogP contribution in [0.15, 0.2) is 24.5 Å². The van der Waals surface area contributed by atoms with Gasteiger partial charge in [-0.2, -0.15) is 0 Å². The molecule has 1 aliphatic heterocycles. The molecule has 2 aromatic heterocycles. The second-order valence-electron chi connectivity index (χ2n) is 5.94. The summed E-state index contributed by atoms with van der Waals surface area (Å²) in [5, 5.41) is 9.36. The molecule has 28 heavy (non-hydrogen) atoms. The summed E-state index contributed by atoms with van der Waals surface area (Å²) in [6.07, 6.45) is 4.09. The van der Waals surface area contributed by atoms with Crippen molar-refractivity contribution < 1.29 is 19.1 Å². The number of esters is 1. The normalized spacial score (nSPS) is 16.5. The van der Waals surface area contributed by atoms with Gasteiger partial charge in [0.1, 0.15) is 0 Å². The summed E-state index contributed by atoms with van der Waals surface area (Å²) in [5.41, 5.74) is 0.315. The molecular formula is C17H20BrN5O4S. The van der Waals surface area contributed by atoms with E-state index in [0.717, 1.165) is 24.2 Å². The maximum absolute atomic E-state index is 12.8. The number of carbonyl (C=O) groups excluding carboxylic acids is 2. The molecule has 1 atom stereocenters. The van der Waals surface area contributed by atoms with E-state index in [0.29, 0.717) is 34.4 Å². The van der Waals surface area contributed by atoms with Crippen LogP contribution in [0.4, 0.5) is 9.93 Å². The summed E-state index contributed by atoms with van der Waals surface area (Å²) >= 11 is 4.49. The van der Waals surface area contributed by atoms with Crippen LogP contribution in [-0.4, -0.2) is 63.3 Å². The number of halogens is 1. The summed E-state index contributed by atoms with van der Waals surface area (Å²) in [5.74, 6) is -0.555. The SMILES string of the molecule is CCCCOc1nnc(N2C(=O)N(CCBr)CC2OC(=O)c2cccnc2)s1. The van der Waals surface area contributed by atoms with Gasteiger partial charge in [0.25, 0.3) is 5.19 Å². The molecule has 150 valence electrons. The van der Waals surface area contributed by atoms with Crippen LogP contribution in [0.3, 0.4) is 0 Å². The van der Waals surface area contributed by atoms with Gasteiger partial charge in [-0.3, -0.25) is 4.98 Å². The van der Waals surface area contributed by atoms with Gasteiger partial charge in [-0.1, -0.05) is 34.4 Å². The van der Waals surface area contributed by atoms with E-state index in [2.05, 4.69) is 38.0 Å². The van der Waals surface area contributed by atoms with Crippen LogP contribution in [0.1, 0.15) is 30.1 Å². The maximum Gasteiger partial charge on any atom is 0.341 e. The standard InChI is InChI=1S/C17H20BrN5O4S/c1-2-3-9-26-16-21-20-15(28-16)23-13(11-22(8-6-18)17(23)25)27-14(24)12-5-4-7-19-10-12/h4-5,7,10,13H,2-3,6,8-9,11H2,1H3. The molecule has 0 aromatic carbocycles. The van der Waals surface area contributed by atoms with Crippen molar-refractivity contribution in [1.82, 2.24) is 20.1 Å². The summed E-state index contributed by atoms with van der Waals surface area (Å²) in [6, 6.07) is 2.97. The van der Waals surface area contributed by atoms with Crippen molar-refractivity contribution >= 4 is 44.4 Å². The van der Waals surface area contributed by atoms with Crippen LogP contribution >= 0.6 is 27.3 Å². The summed E-state index contributed by atoms with van der Waals surface area (Å²) in [6.45, 7) is 3.32. The van der Waals surface area contributed by atoms with Crippen molar-refractivity contribution in [2.75, 3.05) is 29.9 Å². The average molecular weight is 470 g/mol. The third-order valence-electron chi connectivity index (χ3n) is 3.96. The Labute approximate surface area is 174 Å². The maximum atomic E-state index is 12.8. The van der Waals surface area contributed by atoms with Gasteiger partial charge in [0.05, 0.1) is 18.7 Å². The minimum atomic E-state index is -0.810. The van der Waals surface area contributed by atoms with Crippen LogP contribution in [-0.2, 0) is 4.74 Å². The number of carbonyl (C=O) groups is 2. The van der Waals surface area contributed by atoms with E-state index < -0.39 is 12.2 Å². The van der Waals surface area contributed by atoms with Crippen LogP contribution in [0.25, 0.3) is 0 Å². The van der Waals surface area contributed by atoms with Crippen molar-refractivity contribution in [2.24, 2.45) is 0 Å². The topological polar surface area (TPSA) is 97.8 Å². The highest BCUT2D eigenvalue weighted by molar-refractivity contribution is 9.09. The second kappa shape index (κ2) is 9.78. The van der Waals surface area contributed by atoms with E-state index in [1.165, 1.54) is 11.1 Å². The van der Waals surface area contributed by atoms with Gasteiger partial charge in [0, 0.05) is 24.3 Å². The highest BCUT2D eigenvalue weighted by atomic mass is 79.9. The fourth-order valence-electron chi connectivity index (χ4n) is 2.54. The molecule has 0 bridgehead atoms. The highest BCUT2D eigenvalue weighted by Crippen LogP contribution is 2.32. The number of anilines is 1. The number of amides is 2. The predicted octanol–water partition coefficient (Wildman–Crippen LogP) is 2.93. The molecule has 1 aliphatic rings. The number of ether oxygens (including phenoxy) is 2. The molecule has 2 aromatic rings. The van der Waals surface area contributed by atoms with Gasteiger partial charge in [0.2, 0.25) is 11.4 Å². The predicted molar refractivity (Wildman–Crippen MR) is 107 cm³/mol. The van der Waals surface area contributed by atoms with Crippen LogP contribution in [0.2, 0.25) is 0 Å². The molecule has 0 N–H and O–H groups in total. The van der Waals surface area contributed by atoms with Gasteiger partial charge >= 0.3 is 12.0 Å². The van der Waals surface area contributed by atoms with Crippen molar-refractivity contribution in [2.45, 2.75) is 26.0 Å². The lowest BCUT2D eigenvalue weighted by Gasteiger charge is -2.19. The monoisotopic (exact) mass is 469 g/mol. The molecule has 0 saturated carbocycles. The molecule has 3 heterocycles. The summed E-state index contributed by atoms with van der Waals surface area (Å²) < 4.78 is 11.1. The Kier molecular flexibility index (Phi) is 7.15. The van der Waals surface area contributed by atoms with Crippen LogP contribution < -0.4 is 9.64 Å². The largest absolute Gasteiger partial charge is 0.469 e. The number of hydrogen-bond acceptors (Lipinski definition) is 8. The Morgan fingerprint density at radius 1 is 1.43 bits per heavy atom. The van der Waals surface area contributed by atoms with E-state index in [4.69, 9.17) is 9.47 Å². The van der Waals surface area contributed by atoms with E-state index in [1.54, 1.807) is 23.2 Å². The van der Waals surface area contributed by atoms with E-state index >= 15 is 0 Å². The van der Waals surface area contributed by atoms with E-state index in [-0.39, 0.29) is 12.6 Å².